The first kappa shape index (κ1) is 16.6. The quantitative estimate of drug-likeness (QED) is 0.727. The van der Waals surface area contributed by atoms with Crippen LogP contribution in [0.5, 0.6) is 11.5 Å². The SMILES string of the molecule is Cc1cccc(Oc2cc3cccc(F)c3nc2C)c1[Si](C)(C)O. The van der Waals surface area contributed by atoms with Crippen LogP contribution >= 0.6 is 0 Å². The Balaban J connectivity index is 2.12. The summed E-state index contributed by atoms with van der Waals surface area (Å²) in [7, 11) is -2.56. The van der Waals surface area contributed by atoms with Gasteiger partial charge in [0.15, 0.2) is 0 Å². The van der Waals surface area contributed by atoms with Gasteiger partial charge in [0.2, 0.25) is 8.32 Å². The van der Waals surface area contributed by atoms with Crippen LogP contribution < -0.4 is 9.92 Å². The number of nitrogens with zero attached hydrogens (tertiary/aromatic N) is 1. The third kappa shape index (κ3) is 3.05. The Bertz CT molecular complexity index is 919. The Morgan fingerprint density at radius 1 is 1.04 bits per heavy atom. The first-order valence-corrected chi connectivity index (χ1v) is 10.8. The molecule has 3 rings (SSSR count). The molecule has 0 saturated heterocycles. The Morgan fingerprint density at radius 2 is 1.75 bits per heavy atom. The number of benzene rings is 2. The summed E-state index contributed by atoms with van der Waals surface area (Å²) in [5, 5.41) is 1.55. The maximum absolute atomic E-state index is 13.9. The van der Waals surface area contributed by atoms with Gasteiger partial charge in [-0.15, -0.1) is 0 Å². The lowest BCUT2D eigenvalue weighted by Gasteiger charge is -2.22. The highest BCUT2D eigenvalue weighted by molar-refractivity contribution is 6.84. The summed E-state index contributed by atoms with van der Waals surface area (Å²) in [6.45, 7) is 7.48. The van der Waals surface area contributed by atoms with Crippen molar-refractivity contribution in [2.24, 2.45) is 0 Å². The zero-order chi connectivity index (χ0) is 17.5. The first-order valence-electron chi connectivity index (χ1n) is 7.83. The number of halogens is 1. The standard InChI is InChI=1S/C19H20FNO2Si/c1-12-7-5-10-16(19(12)24(3,4)22)23-17-11-14-8-6-9-15(20)18(14)21-13(17)2/h5-11,22H,1-4H3. The van der Waals surface area contributed by atoms with Crippen LogP contribution in [0, 0.1) is 19.7 Å². The van der Waals surface area contributed by atoms with Crippen LogP contribution in [0.3, 0.4) is 0 Å². The second kappa shape index (κ2) is 6.00. The van der Waals surface area contributed by atoms with Gasteiger partial charge in [0.05, 0.1) is 5.69 Å². The van der Waals surface area contributed by atoms with Gasteiger partial charge in [-0.2, -0.15) is 0 Å². The average Bonchev–Trinajstić information content (AvgIpc) is 2.48. The van der Waals surface area contributed by atoms with Gasteiger partial charge in [0.1, 0.15) is 22.8 Å². The number of pyridine rings is 1. The van der Waals surface area contributed by atoms with E-state index in [0.717, 1.165) is 10.8 Å². The molecule has 2 aromatic carbocycles. The molecule has 5 heteroatoms. The molecule has 0 aliphatic rings. The number of ether oxygens (including phenoxy) is 1. The van der Waals surface area contributed by atoms with E-state index in [1.165, 1.54) is 6.07 Å². The molecule has 1 aromatic heterocycles. The van der Waals surface area contributed by atoms with E-state index in [1.54, 1.807) is 25.1 Å². The normalized spacial score (nSPS) is 11.8. The minimum absolute atomic E-state index is 0.337. The topological polar surface area (TPSA) is 42.4 Å². The predicted molar refractivity (Wildman–Crippen MR) is 97.0 cm³/mol. The molecule has 124 valence electrons. The molecule has 0 bridgehead atoms. The third-order valence-electron chi connectivity index (χ3n) is 4.01. The summed E-state index contributed by atoms with van der Waals surface area (Å²) < 4.78 is 20.0. The third-order valence-corrected chi connectivity index (χ3v) is 5.87. The van der Waals surface area contributed by atoms with Crippen molar-refractivity contribution in [1.82, 2.24) is 4.98 Å². The summed E-state index contributed by atoms with van der Waals surface area (Å²) in [5.74, 6) is 0.857. The number of aryl methyl sites for hydroxylation is 2. The van der Waals surface area contributed by atoms with Gasteiger partial charge in [-0.05, 0) is 50.7 Å². The summed E-state index contributed by atoms with van der Waals surface area (Å²) in [6.07, 6.45) is 0. The summed E-state index contributed by atoms with van der Waals surface area (Å²) in [4.78, 5) is 14.9. The molecule has 0 atom stereocenters. The van der Waals surface area contributed by atoms with Crippen LogP contribution in [0.2, 0.25) is 13.1 Å². The Hall–Kier alpha value is -2.24. The molecule has 0 aliphatic carbocycles. The molecule has 0 fully saturated rings. The van der Waals surface area contributed by atoms with Crippen molar-refractivity contribution >= 4 is 24.4 Å². The Labute approximate surface area is 141 Å². The molecule has 1 heterocycles. The van der Waals surface area contributed by atoms with Crippen molar-refractivity contribution in [2.45, 2.75) is 26.9 Å². The second-order valence-corrected chi connectivity index (χ2v) is 10.1. The average molecular weight is 341 g/mol. The Morgan fingerprint density at radius 3 is 2.46 bits per heavy atom. The fourth-order valence-corrected chi connectivity index (χ4v) is 4.75. The Kier molecular flexibility index (Phi) is 4.15. The smallest absolute Gasteiger partial charge is 0.218 e. The van der Waals surface area contributed by atoms with Crippen LogP contribution in [0.1, 0.15) is 11.3 Å². The monoisotopic (exact) mass is 341 g/mol. The van der Waals surface area contributed by atoms with Crippen LogP contribution in [0.15, 0.2) is 42.5 Å². The molecule has 0 radical (unpaired) electrons. The molecule has 0 aliphatic heterocycles. The number of para-hydroxylation sites is 1. The van der Waals surface area contributed by atoms with Crippen LogP contribution in [0.25, 0.3) is 10.9 Å². The lowest BCUT2D eigenvalue weighted by molar-refractivity contribution is 0.477. The summed E-state index contributed by atoms with van der Waals surface area (Å²) in [6, 6.07) is 12.4. The second-order valence-electron chi connectivity index (χ2n) is 6.49. The highest BCUT2D eigenvalue weighted by Gasteiger charge is 2.27. The van der Waals surface area contributed by atoms with Gasteiger partial charge in [0.25, 0.3) is 0 Å². The van der Waals surface area contributed by atoms with E-state index < -0.39 is 8.32 Å². The van der Waals surface area contributed by atoms with E-state index in [4.69, 9.17) is 4.74 Å². The first-order chi connectivity index (χ1) is 11.3. The van der Waals surface area contributed by atoms with Gasteiger partial charge >= 0.3 is 0 Å². The molecule has 0 unspecified atom stereocenters. The lowest BCUT2D eigenvalue weighted by Crippen LogP contribution is -2.43. The van der Waals surface area contributed by atoms with E-state index in [2.05, 4.69) is 4.98 Å². The van der Waals surface area contributed by atoms with Gasteiger partial charge in [-0.25, -0.2) is 9.37 Å². The van der Waals surface area contributed by atoms with E-state index in [0.29, 0.717) is 28.1 Å². The minimum Gasteiger partial charge on any atom is -0.455 e. The van der Waals surface area contributed by atoms with Gasteiger partial charge in [-0.3, -0.25) is 0 Å². The number of hydrogen-bond acceptors (Lipinski definition) is 3. The van der Waals surface area contributed by atoms with Crippen molar-refractivity contribution < 1.29 is 13.9 Å². The molecule has 0 spiro atoms. The van der Waals surface area contributed by atoms with Crippen molar-refractivity contribution in [2.75, 3.05) is 0 Å². The maximum Gasteiger partial charge on any atom is 0.218 e. The molecule has 1 N–H and O–H groups in total. The number of fused-ring (bicyclic) bond motifs is 1. The fraction of sp³-hybridized carbons (Fsp3) is 0.211. The number of hydrogen-bond donors (Lipinski definition) is 1. The number of rotatable bonds is 3. The summed E-state index contributed by atoms with van der Waals surface area (Å²) in [5.41, 5.74) is 1.95. The van der Waals surface area contributed by atoms with Crippen molar-refractivity contribution in [3.63, 3.8) is 0 Å². The van der Waals surface area contributed by atoms with Gasteiger partial charge in [-0.1, -0.05) is 24.3 Å². The molecular weight excluding hydrogens is 321 g/mol. The summed E-state index contributed by atoms with van der Waals surface area (Å²) >= 11 is 0. The van der Waals surface area contributed by atoms with Crippen LogP contribution in [-0.2, 0) is 0 Å². The molecule has 0 saturated carbocycles. The molecular formula is C19H20FNO2Si. The zero-order valence-corrected chi connectivity index (χ0v) is 15.2. The zero-order valence-electron chi connectivity index (χ0n) is 14.2. The molecule has 0 amide bonds. The minimum atomic E-state index is -2.56. The lowest BCUT2D eigenvalue weighted by atomic mass is 10.2. The van der Waals surface area contributed by atoms with E-state index in [9.17, 15) is 9.19 Å². The van der Waals surface area contributed by atoms with Gasteiger partial charge in [0, 0.05) is 10.6 Å². The van der Waals surface area contributed by atoms with Crippen molar-refractivity contribution in [3.05, 3.63) is 59.5 Å². The van der Waals surface area contributed by atoms with Crippen molar-refractivity contribution in [1.29, 1.82) is 0 Å². The van der Waals surface area contributed by atoms with Crippen LogP contribution in [-0.4, -0.2) is 18.1 Å². The molecule has 3 nitrogen and oxygen atoms in total. The van der Waals surface area contributed by atoms with Crippen molar-refractivity contribution in [3.8, 4) is 11.5 Å². The highest BCUT2D eigenvalue weighted by Crippen LogP contribution is 2.29. The molecule has 3 aromatic rings. The maximum atomic E-state index is 13.9. The van der Waals surface area contributed by atoms with Gasteiger partial charge < -0.3 is 9.53 Å². The predicted octanol–water partition coefficient (Wildman–Crippen LogP) is 4.19. The van der Waals surface area contributed by atoms with E-state index in [-0.39, 0.29) is 5.82 Å². The largest absolute Gasteiger partial charge is 0.455 e. The fourth-order valence-electron chi connectivity index (χ4n) is 2.97. The van der Waals surface area contributed by atoms with E-state index in [1.807, 2.05) is 38.2 Å². The molecule has 24 heavy (non-hydrogen) atoms. The van der Waals surface area contributed by atoms with Crippen LogP contribution in [0.4, 0.5) is 4.39 Å². The highest BCUT2D eigenvalue weighted by atomic mass is 28.4. The number of aromatic nitrogens is 1. The van der Waals surface area contributed by atoms with E-state index >= 15 is 0 Å².